The van der Waals surface area contributed by atoms with E-state index < -0.39 is 0 Å². The molecule has 0 fully saturated rings. The molecular formula is C13H18ClN. The van der Waals surface area contributed by atoms with Crippen LogP contribution in [0.4, 0.5) is 0 Å². The molecule has 1 nitrogen and oxygen atoms in total. The molecule has 0 saturated carbocycles. The van der Waals surface area contributed by atoms with Crippen molar-refractivity contribution in [1.29, 1.82) is 0 Å². The van der Waals surface area contributed by atoms with Gasteiger partial charge in [-0.25, -0.2) is 0 Å². The van der Waals surface area contributed by atoms with E-state index in [0.717, 1.165) is 11.4 Å². The molecule has 0 radical (unpaired) electrons. The summed E-state index contributed by atoms with van der Waals surface area (Å²) in [5.41, 5.74) is 1.22. The van der Waals surface area contributed by atoms with Gasteiger partial charge in [-0.3, -0.25) is 0 Å². The molecule has 0 aliphatic heterocycles. The van der Waals surface area contributed by atoms with Gasteiger partial charge in [-0.05, 0) is 38.0 Å². The zero-order valence-electron chi connectivity index (χ0n) is 9.33. The Labute approximate surface area is 97.1 Å². The molecular weight excluding hydrogens is 206 g/mol. The second kappa shape index (κ2) is 5.94. The maximum Gasteiger partial charge on any atom is 0.0409 e. The van der Waals surface area contributed by atoms with Crippen molar-refractivity contribution in [2.45, 2.75) is 32.4 Å². The van der Waals surface area contributed by atoms with Crippen molar-refractivity contribution in [3.63, 3.8) is 0 Å². The molecule has 0 saturated heterocycles. The topological polar surface area (TPSA) is 12.0 Å². The zero-order valence-corrected chi connectivity index (χ0v) is 10.1. The van der Waals surface area contributed by atoms with Crippen LogP contribution in [0.25, 0.3) is 0 Å². The predicted octanol–water partition coefficient (Wildman–Crippen LogP) is 3.96. The van der Waals surface area contributed by atoms with E-state index in [1.165, 1.54) is 5.56 Å². The SMILES string of the molecule is C=CCC(C)NC(C)c1cccc(Cl)c1. The van der Waals surface area contributed by atoms with Crippen molar-refractivity contribution in [3.8, 4) is 0 Å². The van der Waals surface area contributed by atoms with Crippen molar-refractivity contribution in [2.24, 2.45) is 0 Å². The van der Waals surface area contributed by atoms with E-state index in [2.05, 4.69) is 31.8 Å². The molecule has 2 unspecified atom stereocenters. The molecule has 0 aromatic heterocycles. The van der Waals surface area contributed by atoms with Crippen molar-refractivity contribution in [2.75, 3.05) is 0 Å². The predicted molar refractivity (Wildman–Crippen MR) is 67.3 cm³/mol. The minimum Gasteiger partial charge on any atom is -0.307 e. The summed E-state index contributed by atoms with van der Waals surface area (Å²) in [7, 11) is 0. The summed E-state index contributed by atoms with van der Waals surface area (Å²) in [6, 6.07) is 8.72. The van der Waals surface area contributed by atoms with Gasteiger partial charge in [0.25, 0.3) is 0 Å². The Morgan fingerprint density at radius 2 is 2.20 bits per heavy atom. The standard InChI is InChI=1S/C13H18ClN/c1-4-6-10(2)15-11(3)12-7-5-8-13(14)9-12/h4-5,7-11,15H,1,6H2,2-3H3. The Bertz CT molecular complexity index is 322. The van der Waals surface area contributed by atoms with E-state index in [4.69, 9.17) is 11.6 Å². The van der Waals surface area contributed by atoms with E-state index in [9.17, 15) is 0 Å². The van der Waals surface area contributed by atoms with Crippen LogP contribution in [0.1, 0.15) is 31.9 Å². The summed E-state index contributed by atoms with van der Waals surface area (Å²) in [5, 5.41) is 4.28. The van der Waals surface area contributed by atoms with Crippen LogP contribution in [0.2, 0.25) is 5.02 Å². The Hall–Kier alpha value is -0.790. The van der Waals surface area contributed by atoms with Gasteiger partial charge < -0.3 is 5.32 Å². The molecule has 0 bridgehead atoms. The highest BCUT2D eigenvalue weighted by Gasteiger charge is 2.08. The van der Waals surface area contributed by atoms with Crippen LogP contribution in [0.3, 0.4) is 0 Å². The van der Waals surface area contributed by atoms with Crippen LogP contribution < -0.4 is 5.32 Å². The molecule has 1 aromatic carbocycles. The first-order valence-corrected chi connectivity index (χ1v) is 5.63. The number of rotatable bonds is 5. The third kappa shape index (κ3) is 4.06. The largest absolute Gasteiger partial charge is 0.307 e. The molecule has 0 amide bonds. The minimum absolute atomic E-state index is 0.318. The Balaban J connectivity index is 2.60. The number of halogens is 1. The van der Waals surface area contributed by atoms with Crippen molar-refractivity contribution in [3.05, 3.63) is 47.5 Å². The zero-order chi connectivity index (χ0) is 11.3. The molecule has 0 aliphatic carbocycles. The number of hydrogen-bond donors (Lipinski definition) is 1. The van der Waals surface area contributed by atoms with Crippen LogP contribution in [-0.4, -0.2) is 6.04 Å². The summed E-state index contributed by atoms with van der Waals surface area (Å²) >= 11 is 5.94. The molecule has 82 valence electrons. The number of hydrogen-bond acceptors (Lipinski definition) is 1. The fourth-order valence-corrected chi connectivity index (χ4v) is 1.82. The summed E-state index contributed by atoms with van der Waals surface area (Å²) in [5.74, 6) is 0. The van der Waals surface area contributed by atoms with E-state index in [0.29, 0.717) is 12.1 Å². The first kappa shape index (κ1) is 12.3. The third-order valence-corrected chi connectivity index (χ3v) is 2.64. The van der Waals surface area contributed by atoms with Gasteiger partial charge >= 0.3 is 0 Å². The lowest BCUT2D eigenvalue weighted by Crippen LogP contribution is -2.28. The van der Waals surface area contributed by atoms with Gasteiger partial charge in [0.2, 0.25) is 0 Å². The highest BCUT2D eigenvalue weighted by Crippen LogP contribution is 2.18. The Morgan fingerprint density at radius 1 is 1.47 bits per heavy atom. The minimum atomic E-state index is 0.318. The highest BCUT2D eigenvalue weighted by molar-refractivity contribution is 6.30. The molecule has 2 atom stereocenters. The van der Waals surface area contributed by atoms with Gasteiger partial charge in [-0.15, -0.1) is 6.58 Å². The van der Waals surface area contributed by atoms with Crippen molar-refractivity contribution in [1.82, 2.24) is 5.32 Å². The van der Waals surface area contributed by atoms with Gasteiger partial charge in [0.1, 0.15) is 0 Å². The van der Waals surface area contributed by atoms with Crippen LogP contribution >= 0.6 is 11.6 Å². The average molecular weight is 224 g/mol. The number of nitrogens with one attached hydrogen (secondary N) is 1. The Morgan fingerprint density at radius 3 is 2.80 bits per heavy atom. The smallest absolute Gasteiger partial charge is 0.0409 e. The molecule has 1 aromatic rings. The second-order valence-corrected chi connectivity index (χ2v) is 4.31. The highest BCUT2D eigenvalue weighted by atomic mass is 35.5. The van der Waals surface area contributed by atoms with Crippen molar-refractivity contribution >= 4 is 11.6 Å². The van der Waals surface area contributed by atoms with Gasteiger partial charge in [0.05, 0.1) is 0 Å². The average Bonchev–Trinajstić information content (AvgIpc) is 2.18. The van der Waals surface area contributed by atoms with Gasteiger partial charge in [-0.2, -0.15) is 0 Å². The van der Waals surface area contributed by atoms with E-state index in [1.807, 2.05) is 24.3 Å². The lowest BCUT2D eigenvalue weighted by molar-refractivity contribution is 0.482. The fraction of sp³-hybridized carbons (Fsp3) is 0.385. The third-order valence-electron chi connectivity index (χ3n) is 2.40. The first-order valence-electron chi connectivity index (χ1n) is 5.26. The van der Waals surface area contributed by atoms with Gasteiger partial charge in [-0.1, -0.05) is 29.8 Å². The van der Waals surface area contributed by atoms with E-state index in [-0.39, 0.29) is 0 Å². The monoisotopic (exact) mass is 223 g/mol. The molecule has 1 rings (SSSR count). The normalized spacial score (nSPS) is 14.6. The summed E-state index contributed by atoms with van der Waals surface area (Å²) in [6.07, 6.45) is 2.91. The molecule has 0 spiro atoms. The summed E-state index contributed by atoms with van der Waals surface area (Å²) < 4.78 is 0. The van der Waals surface area contributed by atoms with Gasteiger partial charge in [0.15, 0.2) is 0 Å². The quantitative estimate of drug-likeness (QED) is 0.746. The molecule has 15 heavy (non-hydrogen) atoms. The molecule has 2 heteroatoms. The summed E-state index contributed by atoms with van der Waals surface area (Å²) in [6.45, 7) is 8.03. The molecule has 1 N–H and O–H groups in total. The van der Waals surface area contributed by atoms with Gasteiger partial charge in [0, 0.05) is 17.1 Å². The molecule has 0 aliphatic rings. The van der Waals surface area contributed by atoms with E-state index >= 15 is 0 Å². The Kier molecular flexibility index (Phi) is 4.86. The maximum absolute atomic E-state index is 5.94. The lowest BCUT2D eigenvalue weighted by atomic mass is 10.1. The summed E-state index contributed by atoms with van der Waals surface area (Å²) in [4.78, 5) is 0. The van der Waals surface area contributed by atoms with Crippen LogP contribution in [0.5, 0.6) is 0 Å². The number of benzene rings is 1. The second-order valence-electron chi connectivity index (χ2n) is 3.87. The van der Waals surface area contributed by atoms with Crippen LogP contribution in [0.15, 0.2) is 36.9 Å². The van der Waals surface area contributed by atoms with Crippen LogP contribution in [0, 0.1) is 0 Å². The lowest BCUT2D eigenvalue weighted by Gasteiger charge is -2.19. The fourth-order valence-electron chi connectivity index (χ4n) is 1.62. The molecule has 0 heterocycles. The van der Waals surface area contributed by atoms with E-state index in [1.54, 1.807) is 0 Å². The van der Waals surface area contributed by atoms with Crippen molar-refractivity contribution < 1.29 is 0 Å². The maximum atomic E-state index is 5.94. The van der Waals surface area contributed by atoms with Crippen LogP contribution in [-0.2, 0) is 0 Å². The first-order chi connectivity index (χ1) is 7.13.